The van der Waals surface area contributed by atoms with E-state index in [4.69, 9.17) is 4.42 Å². The lowest BCUT2D eigenvalue weighted by atomic mass is 10.3. The Kier molecular flexibility index (Phi) is 3.53. The first-order chi connectivity index (χ1) is 10.4. The third kappa shape index (κ3) is 2.64. The van der Waals surface area contributed by atoms with Crippen molar-refractivity contribution in [2.75, 3.05) is 4.72 Å². The van der Waals surface area contributed by atoms with Gasteiger partial charge in [0.25, 0.3) is 10.0 Å². The molecule has 0 amide bonds. The standard InChI is InChI=1S/C13H10BrN3O4S/c1-17-10-4-3-9(6-11(10)21-13(17)18)22(19,20)16-8-2-5-12(14)15-7-8/h2-7,16H,1H3. The molecule has 2 aromatic heterocycles. The molecule has 0 radical (unpaired) electrons. The van der Waals surface area contributed by atoms with Crippen molar-refractivity contribution in [2.24, 2.45) is 7.05 Å². The molecular weight excluding hydrogens is 374 g/mol. The molecule has 2 heterocycles. The summed E-state index contributed by atoms with van der Waals surface area (Å²) in [7, 11) is -2.25. The average molecular weight is 384 g/mol. The highest BCUT2D eigenvalue weighted by Gasteiger charge is 2.17. The zero-order chi connectivity index (χ0) is 15.9. The van der Waals surface area contributed by atoms with Crippen LogP contribution in [0.15, 0.2) is 55.2 Å². The van der Waals surface area contributed by atoms with Gasteiger partial charge in [0.15, 0.2) is 5.58 Å². The summed E-state index contributed by atoms with van der Waals surface area (Å²) in [4.78, 5) is 15.4. The number of hydrogen-bond acceptors (Lipinski definition) is 5. The van der Waals surface area contributed by atoms with E-state index < -0.39 is 15.8 Å². The zero-order valence-electron chi connectivity index (χ0n) is 11.3. The third-order valence-corrected chi connectivity index (χ3v) is 4.90. The molecule has 7 nitrogen and oxygen atoms in total. The van der Waals surface area contributed by atoms with Gasteiger partial charge < -0.3 is 4.42 Å². The number of benzene rings is 1. The molecular formula is C13H10BrN3O4S. The van der Waals surface area contributed by atoms with Crippen molar-refractivity contribution in [3.05, 3.63) is 51.7 Å². The van der Waals surface area contributed by atoms with E-state index in [-0.39, 0.29) is 10.5 Å². The minimum absolute atomic E-state index is 0.00253. The Balaban J connectivity index is 2.01. The fraction of sp³-hybridized carbons (Fsp3) is 0.0769. The van der Waals surface area contributed by atoms with Crippen LogP contribution in [0.25, 0.3) is 11.1 Å². The number of nitrogens with zero attached hydrogens (tertiary/aromatic N) is 2. The molecule has 0 unspecified atom stereocenters. The van der Waals surface area contributed by atoms with E-state index in [1.807, 2.05) is 0 Å². The summed E-state index contributed by atoms with van der Waals surface area (Å²) >= 11 is 3.17. The van der Waals surface area contributed by atoms with Gasteiger partial charge in [-0.15, -0.1) is 0 Å². The number of aromatic nitrogens is 2. The number of nitrogens with one attached hydrogen (secondary N) is 1. The van der Waals surface area contributed by atoms with Crippen LogP contribution in [0.4, 0.5) is 5.69 Å². The van der Waals surface area contributed by atoms with Gasteiger partial charge in [-0.3, -0.25) is 9.29 Å². The molecule has 0 aliphatic rings. The summed E-state index contributed by atoms with van der Waals surface area (Å²) in [6.45, 7) is 0. The minimum atomic E-state index is -3.80. The Morgan fingerprint density at radius 1 is 1.27 bits per heavy atom. The second-order valence-corrected chi connectivity index (χ2v) is 7.03. The Labute approximate surface area is 133 Å². The highest BCUT2D eigenvalue weighted by molar-refractivity contribution is 9.10. The zero-order valence-corrected chi connectivity index (χ0v) is 13.7. The fourth-order valence-electron chi connectivity index (χ4n) is 1.93. The van der Waals surface area contributed by atoms with Gasteiger partial charge in [-0.2, -0.15) is 0 Å². The smallest absolute Gasteiger partial charge is 0.408 e. The normalized spacial score (nSPS) is 11.7. The van der Waals surface area contributed by atoms with Crippen molar-refractivity contribution >= 4 is 42.7 Å². The van der Waals surface area contributed by atoms with Crippen LogP contribution in [-0.4, -0.2) is 18.0 Å². The molecule has 1 aromatic carbocycles. The van der Waals surface area contributed by atoms with Crippen LogP contribution in [0, 0.1) is 0 Å². The predicted molar refractivity (Wildman–Crippen MR) is 84.2 cm³/mol. The Morgan fingerprint density at radius 3 is 2.73 bits per heavy atom. The number of sulfonamides is 1. The summed E-state index contributed by atoms with van der Waals surface area (Å²) in [6.07, 6.45) is 1.39. The van der Waals surface area contributed by atoms with Crippen molar-refractivity contribution in [1.29, 1.82) is 0 Å². The second kappa shape index (κ2) is 5.25. The SMILES string of the molecule is Cn1c(=O)oc2cc(S(=O)(=O)Nc3ccc(Br)nc3)ccc21. The molecule has 114 valence electrons. The topological polar surface area (TPSA) is 94.2 Å². The van der Waals surface area contributed by atoms with Crippen LogP contribution >= 0.6 is 15.9 Å². The van der Waals surface area contributed by atoms with E-state index >= 15 is 0 Å². The van der Waals surface area contributed by atoms with Crippen LogP contribution in [0.2, 0.25) is 0 Å². The van der Waals surface area contributed by atoms with Gasteiger partial charge in [-0.25, -0.2) is 18.2 Å². The molecule has 3 rings (SSSR count). The highest BCUT2D eigenvalue weighted by atomic mass is 79.9. The van der Waals surface area contributed by atoms with Crippen molar-refractivity contribution < 1.29 is 12.8 Å². The highest BCUT2D eigenvalue weighted by Crippen LogP contribution is 2.21. The van der Waals surface area contributed by atoms with Crippen molar-refractivity contribution in [2.45, 2.75) is 4.90 Å². The lowest BCUT2D eigenvalue weighted by Crippen LogP contribution is -2.13. The second-order valence-electron chi connectivity index (χ2n) is 4.53. The first-order valence-electron chi connectivity index (χ1n) is 6.11. The maximum absolute atomic E-state index is 12.3. The minimum Gasteiger partial charge on any atom is -0.408 e. The van der Waals surface area contributed by atoms with Gasteiger partial charge >= 0.3 is 5.76 Å². The summed E-state index contributed by atoms with van der Waals surface area (Å²) in [5, 5.41) is 0. The molecule has 0 saturated heterocycles. The molecule has 22 heavy (non-hydrogen) atoms. The van der Waals surface area contributed by atoms with Crippen molar-refractivity contribution in [1.82, 2.24) is 9.55 Å². The van der Waals surface area contributed by atoms with E-state index in [1.165, 1.54) is 29.0 Å². The summed E-state index contributed by atoms with van der Waals surface area (Å²) < 4.78 is 34.0. The van der Waals surface area contributed by atoms with E-state index in [0.717, 1.165) is 0 Å². The van der Waals surface area contributed by atoms with Crippen molar-refractivity contribution in [3.8, 4) is 0 Å². The van der Waals surface area contributed by atoms with E-state index in [9.17, 15) is 13.2 Å². The molecule has 0 saturated carbocycles. The molecule has 3 aromatic rings. The predicted octanol–water partition coefficient (Wildman–Crippen LogP) is 2.09. The van der Waals surface area contributed by atoms with Crippen LogP contribution in [-0.2, 0) is 17.1 Å². The lowest BCUT2D eigenvalue weighted by Gasteiger charge is -2.07. The molecule has 0 bridgehead atoms. The maximum atomic E-state index is 12.3. The summed E-state index contributed by atoms with van der Waals surface area (Å²) in [5.41, 5.74) is 1.07. The molecule has 0 atom stereocenters. The number of hydrogen-bond donors (Lipinski definition) is 1. The van der Waals surface area contributed by atoms with E-state index in [0.29, 0.717) is 15.8 Å². The van der Waals surface area contributed by atoms with Gasteiger partial charge in [0.1, 0.15) is 4.60 Å². The number of pyridine rings is 1. The number of oxazole rings is 1. The van der Waals surface area contributed by atoms with E-state index in [2.05, 4.69) is 25.6 Å². The summed E-state index contributed by atoms with van der Waals surface area (Å²) in [6, 6.07) is 7.44. The van der Waals surface area contributed by atoms with Gasteiger partial charge in [-0.1, -0.05) is 0 Å². The Morgan fingerprint density at radius 2 is 2.05 bits per heavy atom. The summed E-state index contributed by atoms with van der Waals surface area (Å²) in [5.74, 6) is -0.547. The Hall–Kier alpha value is -2.13. The maximum Gasteiger partial charge on any atom is 0.419 e. The average Bonchev–Trinajstić information content (AvgIpc) is 2.76. The van der Waals surface area contributed by atoms with Gasteiger partial charge in [-0.05, 0) is 40.2 Å². The molecule has 0 fully saturated rings. The first-order valence-corrected chi connectivity index (χ1v) is 8.38. The van der Waals surface area contributed by atoms with Gasteiger partial charge in [0.2, 0.25) is 0 Å². The van der Waals surface area contributed by atoms with Gasteiger partial charge in [0.05, 0.1) is 22.3 Å². The number of halogens is 1. The number of rotatable bonds is 3. The van der Waals surface area contributed by atoms with Gasteiger partial charge in [0, 0.05) is 13.1 Å². The molecule has 0 aliphatic heterocycles. The van der Waals surface area contributed by atoms with Crippen LogP contribution in [0.1, 0.15) is 0 Å². The monoisotopic (exact) mass is 383 g/mol. The van der Waals surface area contributed by atoms with E-state index in [1.54, 1.807) is 19.2 Å². The molecule has 0 spiro atoms. The fourth-order valence-corrected chi connectivity index (χ4v) is 3.22. The van der Waals surface area contributed by atoms with Crippen LogP contribution < -0.4 is 10.5 Å². The van der Waals surface area contributed by atoms with Crippen LogP contribution in [0.3, 0.4) is 0 Å². The quantitative estimate of drug-likeness (QED) is 0.698. The lowest BCUT2D eigenvalue weighted by molar-refractivity contribution is 0.527. The number of anilines is 1. The molecule has 0 aliphatic carbocycles. The van der Waals surface area contributed by atoms with Crippen molar-refractivity contribution in [3.63, 3.8) is 0 Å². The number of aryl methyl sites for hydroxylation is 1. The Bertz CT molecular complexity index is 1010. The number of fused-ring (bicyclic) bond motifs is 1. The first kappa shape index (κ1) is 14.8. The van der Waals surface area contributed by atoms with Crippen LogP contribution in [0.5, 0.6) is 0 Å². The molecule has 9 heteroatoms. The molecule has 1 N–H and O–H groups in total. The third-order valence-electron chi connectivity index (χ3n) is 3.05. The largest absolute Gasteiger partial charge is 0.419 e.